The van der Waals surface area contributed by atoms with Crippen molar-refractivity contribution in [3.63, 3.8) is 0 Å². The van der Waals surface area contributed by atoms with E-state index >= 15 is 0 Å². The lowest BCUT2D eigenvalue weighted by atomic mass is 9.88. The van der Waals surface area contributed by atoms with Gasteiger partial charge in [-0.2, -0.15) is 18.3 Å². The van der Waals surface area contributed by atoms with Crippen LogP contribution in [0.25, 0.3) is 5.65 Å². The molecule has 5 rings (SSSR count). The Kier molecular flexibility index (Phi) is 6.14. The van der Waals surface area contributed by atoms with Gasteiger partial charge in [-0.1, -0.05) is 11.6 Å². The van der Waals surface area contributed by atoms with Crippen molar-refractivity contribution in [1.29, 1.82) is 0 Å². The number of carbonyl (C=O) groups is 1. The molecule has 1 saturated heterocycles. The molecule has 1 fully saturated rings. The van der Waals surface area contributed by atoms with Crippen LogP contribution in [-0.4, -0.2) is 69.5 Å². The van der Waals surface area contributed by atoms with Crippen molar-refractivity contribution in [2.75, 3.05) is 36.9 Å². The highest BCUT2D eigenvalue weighted by Crippen LogP contribution is 2.50. The Hall–Kier alpha value is -3.26. The van der Waals surface area contributed by atoms with Crippen molar-refractivity contribution in [1.82, 2.24) is 24.5 Å². The highest BCUT2D eigenvalue weighted by atomic mass is 35.5. The summed E-state index contributed by atoms with van der Waals surface area (Å²) in [5.74, 6) is -0.120. The van der Waals surface area contributed by atoms with Crippen molar-refractivity contribution in [2.24, 2.45) is 0 Å². The first-order valence-corrected chi connectivity index (χ1v) is 11.6. The minimum Gasteiger partial charge on any atom is -0.473 e. The molecule has 3 aromatic rings. The maximum atomic E-state index is 14.3. The SMILES string of the molecule is CN1CC[C@H](Oc2cc(NC(=O)N3C[C@@](C)(C(F)(F)F)c4c3cnc3cc(Cl)nn43)cc(C(F)F)n2)C1. The molecule has 15 heteroatoms. The van der Waals surface area contributed by atoms with Crippen LogP contribution in [0.1, 0.15) is 31.2 Å². The van der Waals surface area contributed by atoms with Crippen molar-refractivity contribution in [3.05, 3.63) is 40.9 Å². The Morgan fingerprint density at radius 3 is 2.70 bits per heavy atom. The first kappa shape index (κ1) is 25.4. The Morgan fingerprint density at radius 2 is 2.05 bits per heavy atom. The van der Waals surface area contributed by atoms with Crippen LogP contribution in [0.5, 0.6) is 5.88 Å². The fourth-order valence-electron chi connectivity index (χ4n) is 4.61. The van der Waals surface area contributed by atoms with E-state index < -0.39 is 36.3 Å². The van der Waals surface area contributed by atoms with Gasteiger partial charge in [0.15, 0.2) is 10.8 Å². The fraction of sp³-hybridized carbons (Fsp3) is 0.455. The number of halogens is 6. The van der Waals surface area contributed by atoms with E-state index in [0.29, 0.717) is 13.0 Å². The van der Waals surface area contributed by atoms with Gasteiger partial charge in [-0.3, -0.25) is 4.90 Å². The molecule has 198 valence electrons. The van der Waals surface area contributed by atoms with Gasteiger partial charge < -0.3 is 15.0 Å². The molecule has 0 radical (unpaired) electrons. The summed E-state index contributed by atoms with van der Waals surface area (Å²) < 4.78 is 76.6. The van der Waals surface area contributed by atoms with Gasteiger partial charge >= 0.3 is 12.2 Å². The van der Waals surface area contributed by atoms with Crippen LogP contribution in [-0.2, 0) is 5.41 Å². The molecule has 2 atom stereocenters. The number of nitrogens with one attached hydrogen (secondary N) is 1. The molecule has 0 aromatic carbocycles. The zero-order chi connectivity index (χ0) is 26.7. The first-order chi connectivity index (χ1) is 17.4. The number of aromatic nitrogens is 4. The van der Waals surface area contributed by atoms with E-state index in [1.54, 1.807) is 0 Å². The largest absolute Gasteiger partial charge is 0.473 e. The number of likely N-dealkylation sites (tertiary alicyclic amines) is 1. The number of ether oxygens (including phenoxy) is 1. The predicted octanol–water partition coefficient (Wildman–Crippen LogP) is 4.67. The minimum absolute atomic E-state index is 0.0642. The van der Waals surface area contributed by atoms with Crippen molar-refractivity contribution in [2.45, 2.75) is 37.5 Å². The van der Waals surface area contributed by atoms with Crippen LogP contribution in [0, 0.1) is 0 Å². The Morgan fingerprint density at radius 1 is 1.30 bits per heavy atom. The smallest absolute Gasteiger partial charge is 0.401 e. The van der Waals surface area contributed by atoms with Crippen molar-refractivity contribution >= 4 is 34.7 Å². The summed E-state index contributed by atoms with van der Waals surface area (Å²) in [6.07, 6.45) is -6.21. The number of rotatable bonds is 4. The van der Waals surface area contributed by atoms with Crippen LogP contribution in [0.15, 0.2) is 24.4 Å². The molecule has 0 aliphatic carbocycles. The van der Waals surface area contributed by atoms with E-state index in [2.05, 4.69) is 20.4 Å². The number of amides is 2. The lowest BCUT2D eigenvalue weighted by molar-refractivity contribution is -0.181. The molecule has 2 aliphatic rings. The van der Waals surface area contributed by atoms with Gasteiger partial charge in [0, 0.05) is 37.5 Å². The summed E-state index contributed by atoms with van der Waals surface area (Å²) in [4.78, 5) is 24.0. The quantitative estimate of drug-likeness (QED) is 0.480. The normalized spacial score (nSPS) is 22.2. The summed E-state index contributed by atoms with van der Waals surface area (Å²) in [6, 6.07) is 2.53. The molecule has 37 heavy (non-hydrogen) atoms. The maximum Gasteiger partial charge on any atom is 0.401 e. The van der Waals surface area contributed by atoms with Crippen LogP contribution in [0.2, 0.25) is 5.15 Å². The number of carbonyl (C=O) groups excluding carboxylic acids is 1. The third-order valence-electron chi connectivity index (χ3n) is 6.52. The number of pyridine rings is 1. The van der Waals surface area contributed by atoms with E-state index in [0.717, 1.165) is 35.1 Å². The van der Waals surface area contributed by atoms with E-state index in [-0.39, 0.29) is 39.9 Å². The number of hydrogen-bond acceptors (Lipinski definition) is 6. The van der Waals surface area contributed by atoms with E-state index in [1.165, 1.54) is 12.1 Å². The topological polar surface area (TPSA) is 87.9 Å². The van der Waals surface area contributed by atoms with E-state index in [9.17, 15) is 26.7 Å². The number of nitrogens with zero attached hydrogens (tertiary/aromatic N) is 6. The van der Waals surface area contributed by atoms with Crippen LogP contribution in [0.4, 0.5) is 38.1 Å². The molecular weight excluding hydrogens is 525 g/mol. The minimum atomic E-state index is -4.77. The van der Waals surface area contributed by atoms with Gasteiger partial charge in [-0.25, -0.2) is 28.1 Å². The molecular formula is C22H21ClF5N7O2. The van der Waals surface area contributed by atoms with Gasteiger partial charge in [0.05, 0.1) is 17.6 Å². The van der Waals surface area contributed by atoms with Crippen LogP contribution >= 0.6 is 11.6 Å². The molecule has 2 amide bonds. The van der Waals surface area contributed by atoms with Gasteiger partial charge in [-0.15, -0.1) is 0 Å². The number of likely N-dealkylation sites (N-methyl/N-ethyl adjacent to an activating group) is 1. The molecule has 0 saturated carbocycles. The monoisotopic (exact) mass is 545 g/mol. The molecule has 0 unspecified atom stereocenters. The Labute approximate surface area is 212 Å². The molecule has 0 spiro atoms. The van der Waals surface area contributed by atoms with E-state index in [1.807, 2.05) is 11.9 Å². The lowest BCUT2D eigenvalue weighted by Gasteiger charge is -2.28. The first-order valence-electron chi connectivity index (χ1n) is 11.2. The van der Waals surface area contributed by atoms with Gasteiger partial charge in [0.1, 0.15) is 17.2 Å². The standard InChI is InChI=1S/C22H21ClF5N7O2/c1-21(22(26,27)28)10-34(14-8-29-16-7-15(23)32-35(16)18(14)21)20(36)30-11-5-13(19(24)25)31-17(6-11)37-12-3-4-33(2)9-12/h5-8,12,19H,3-4,9-10H2,1-2H3,(H,30,31,36)/t12-,21+/m0/s1. The second kappa shape index (κ2) is 8.94. The third-order valence-corrected chi connectivity index (χ3v) is 6.71. The van der Waals surface area contributed by atoms with E-state index in [4.69, 9.17) is 16.3 Å². The summed E-state index contributed by atoms with van der Waals surface area (Å²) in [7, 11) is 1.89. The predicted molar refractivity (Wildman–Crippen MR) is 123 cm³/mol. The average Bonchev–Trinajstić information content (AvgIpc) is 3.47. The van der Waals surface area contributed by atoms with Gasteiger partial charge in [0.2, 0.25) is 5.88 Å². The van der Waals surface area contributed by atoms with Crippen molar-refractivity contribution < 1.29 is 31.5 Å². The summed E-state index contributed by atoms with van der Waals surface area (Å²) in [6.45, 7) is 1.49. The number of fused-ring (bicyclic) bond motifs is 3. The van der Waals surface area contributed by atoms with Crippen molar-refractivity contribution in [3.8, 4) is 5.88 Å². The molecule has 0 bridgehead atoms. The summed E-state index contributed by atoms with van der Waals surface area (Å²) in [5, 5.41) is 6.26. The number of alkyl halides is 5. The highest BCUT2D eigenvalue weighted by molar-refractivity contribution is 6.29. The number of hydrogen-bond donors (Lipinski definition) is 1. The summed E-state index contributed by atoms with van der Waals surface area (Å²) >= 11 is 5.89. The molecule has 9 nitrogen and oxygen atoms in total. The third kappa shape index (κ3) is 4.52. The highest BCUT2D eigenvalue weighted by Gasteiger charge is 2.60. The average molecular weight is 546 g/mol. The maximum absolute atomic E-state index is 14.3. The van der Waals surface area contributed by atoms with Crippen LogP contribution in [0.3, 0.4) is 0 Å². The second-order valence-electron chi connectivity index (χ2n) is 9.29. The fourth-order valence-corrected chi connectivity index (χ4v) is 4.79. The second-order valence-corrected chi connectivity index (χ2v) is 9.67. The zero-order valence-electron chi connectivity index (χ0n) is 19.6. The Bertz CT molecular complexity index is 1370. The molecule has 2 aliphatic heterocycles. The van der Waals surface area contributed by atoms with Gasteiger partial charge in [0.25, 0.3) is 6.43 Å². The molecule has 5 heterocycles. The molecule has 3 aromatic heterocycles. The van der Waals surface area contributed by atoms with Crippen LogP contribution < -0.4 is 15.0 Å². The number of urea groups is 1. The summed E-state index contributed by atoms with van der Waals surface area (Å²) in [5.41, 5.74) is -3.63. The number of anilines is 2. The molecule has 1 N–H and O–H groups in total. The lowest BCUT2D eigenvalue weighted by Crippen LogP contribution is -2.46. The zero-order valence-corrected chi connectivity index (χ0v) is 20.3. The Balaban J connectivity index is 1.48. The van der Waals surface area contributed by atoms with Gasteiger partial charge in [-0.05, 0) is 26.5 Å².